The number of urea groups is 1. The van der Waals surface area contributed by atoms with Gasteiger partial charge in [-0.1, -0.05) is 6.07 Å². The molecule has 45 heavy (non-hydrogen) atoms. The Morgan fingerprint density at radius 2 is 1.53 bits per heavy atom. The zero-order valence-electron chi connectivity index (χ0n) is 25.4. The summed E-state index contributed by atoms with van der Waals surface area (Å²) in [4.78, 5) is 31.4. The number of aliphatic hydroxyl groups is 1. The van der Waals surface area contributed by atoms with Gasteiger partial charge in [0.25, 0.3) is 0 Å². The summed E-state index contributed by atoms with van der Waals surface area (Å²) >= 11 is 0. The lowest BCUT2D eigenvalue weighted by Gasteiger charge is -2.51. The number of likely N-dealkylation sites (tertiary alicyclic amines) is 2. The first-order valence-electron chi connectivity index (χ1n) is 14.6. The number of nitrogens with one attached hydrogen (secondary N) is 1. The minimum atomic E-state index is -5.06. The van der Waals surface area contributed by atoms with E-state index in [-0.39, 0.29) is 37.2 Å². The van der Waals surface area contributed by atoms with Crippen LogP contribution in [0.2, 0.25) is 0 Å². The third-order valence-corrected chi connectivity index (χ3v) is 8.95. The Labute approximate surface area is 257 Å². The summed E-state index contributed by atoms with van der Waals surface area (Å²) in [7, 11) is 1.49. The van der Waals surface area contributed by atoms with Crippen molar-refractivity contribution >= 4 is 11.9 Å². The molecule has 14 heteroatoms. The fourth-order valence-corrected chi connectivity index (χ4v) is 6.28. The number of halogens is 7. The molecule has 3 amide bonds. The van der Waals surface area contributed by atoms with Crippen LogP contribution in [-0.2, 0) is 22.6 Å². The fraction of sp³-hybridized carbons (Fsp3) is 0.548. The Hall–Kier alpha value is -3.39. The molecule has 0 spiro atoms. The second-order valence-electron chi connectivity index (χ2n) is 12.3. The second-order valence-corrected chi connectivity index (χ2v) is 12.3. The van der Waals surface area contributed by atoms with Crippen LogP contribution < -0.4 is 5.32 Å². The average molecular weight is 647 g/mol. The number of amides is 3. The number of carbonyl (C=O) groups is 2. The SMILES string of the molecule is Cc1cc(F)ccc1[C@H]1CN(C2CN(C(=O)NCCO)C2)CC[C@@H]1N(C)C(=O)C(C)(C)c1cc(C(F)(F)F)cc(C(F)(F)F)c1. The zero-order valence-corrected chi connectivity index (χ0v) is 25.4. The Morgan fingerprint density at radius 1 is 0.956 bits per heavy atom. The van der Waals surface area contributed by atoms with Crippen LogP contribution in [0.5, 0.6) is 0 Å². The number of nitrogens with zero attached hydrogens (tertiary/aromatic N) is 3. The molecule has 0 aromatic heterocycles. The van der Waals surface area contributed by atoms with Gasteiger partial charge in [-0.25, -0.2) is 9.18 Å². The topological polar surface area (TPSA) is 76.1 Å². The molecule has 4 rings (SSSR count). The second kappa shape index (κ2) is 12.8. The van der Waals surface area contributed by atoms with Gasteiger partial charge in [-0.05, 0) is 74.2 Å². The monoisotopic (exact) mass is 646 g/mol. The number of aliphatic hydroxyl groups excluding tert-OH is 1. The number of hydrogen-bond acceptors (Lipinski definition) is 4. The first kappa shape index (κ1) is 34.5. The normalized spacial score (nSPS) is 20.1. The van der Waals surface area contributed by atoms with E-state index in [1.807, 2.05) is 0 Å². The van der Waals surface area contributed by atoms with Crippen molar-refractivity contribution < 1.29 is 45.4 Å². The van der Waals surface area contributed by atoms with E-state index in [2.05, 4.69) is 10.2 Å². The van der Waals surface area contributed by atoms with Crippen molar-refractivity contribution in [3.8, 4) is 0 Å². The van der Waals surface area contributed by atoms with E-state index in [1.165, 1.54) is 37.9 Å². The Bertz CT molecular complexity index is 1370. The summed E-state index contributed by atoms with van der Waals surface area (Å²) in [5, 5.41) is 11.6. The quantitative estimate of drug-likeness (QED) is 0.409. The number of hydrogen-bond donors (Lipinski definition) is 2. The van der Waals surface area contributed by atoms with Gasteiger partial charge in [-0.3, -0.25) is 9.69 Å². The summed E-state index contributed by atoms with van der Waals surface area (Å²) in [6, 6.07) is 4.73. The molecule has 2 aliphatic heterocycles. The van der Waals surface area contributed by atoms with E-state index in [0.29, 0.717) is 50.3 Å². The first-order valence-corrected chi connectivity index (χ1v) is 14.6. The maximum absolute atomic E-state index is 14.1. The molecule has 2 aromatic carbocycles. The van der Waals surface area contributed by atoms with Gasteiger partial charge < -0.3 is 20.2 Å². The Kier molecular flexibility index (Phi) is 9.79. The van der Waals surface area contributed by atoms with Crippen molar-refractivity contribution in [1.82, 2.24) is 20.0 Å². The highest BCUT2D eigenvalue weighted by Gasteiger charge is 2.45. The first-order chi connectivity index (χ1) is 20.8. The minimum absolute atomic E-state index is 0.0115. The fourth-order valence-electron chi connectivity index (χ4n) is 6.28. The van der Waals surface area contributed by atoms with Crippen LogP contribution in [0, 0.1) is 12.7 Å². The molecule has 2 aromatic rings. The zero-order chi connectivity index (χ0) is 33.5. The van der Waals surface area contributed by atoms with E-state index in [1.54, 1.807) is 17.9 Å². The standard InChI is InChI=1S/C31H37F7N4O3/c1-18-11-22(32)5-6-24(18)25-17-41(23-15-42(16-23)28(45)39-8-10-43)9-7-26(25)40(4)27(44)29(2,3)19-12-20(30(33,34)35)14-21(13-19)31(36,37)38/h5-6,11-14,23,25-26,43H,7-10,15-17H2,1-4H3,(H,39,45)/t25-,26+/m1/s1. The predicted octanol–water partition coefficient (Wildman–Crippen LogP) is 5.15. The van der Waals surface area contributed by atoms with Crippen LogP contribution >= 0.6 is 0 Å². The largest absolute Gasteiger partial charge is 0.416 e. The van der Waals surface area contributed by atoms with Crippen molar-refractivity contribution in [3.05, 3.63) is 70.0 Å². The van der Waals surface area contributed by atoms with Crippen molar-refractivity contribution in [1.29, 1.82) is 0 Å². The number of carbonyl (C=O) groups excluding carboxylic acids is 2. The van der Waals surface area contributed by atoms with E-state index < -0.39 is 52.2 Å². The molecule has 2 aliphatic rings. The highest BCUT2D eigenvalue weighted by molar-refractivity contribution is 5.87. The smallest absolute Gasteiger partial charge is 0.395 e. The average Bonchev–Trinajstić information content (AvgIpc) is 2.93. The van der Waals surface area contributed by atoms with Gasteiger partial charge in [0, 0.05) is 57.8 Å². The molecule has 2 atom stereocenters. The summed E-state index contributed by atoms with van der Waals surface area (Å²) < 4.78 is 95.7. The van der Waals surface area contributed by atoms with Crippen molar-refractivity contribution in [3.63, 3.8) is 0 Å². The number of alkyl halides is 6. The van der Waals surface area contributed by atoms with Gasteiger partial charge in [0.1, 0.15) is 5.82 Å². The van der Waals surface area contributed by atoms with Gasteiger partial charge in [-0.2, -0.15) is 26.3 Å². The number of rotatable bonds is 7. The third-order valence-electron chi connectivity index (χ3n) is 8.95. The Morgan fingerprint density at radius 3 is 2.07 bits per heavy atom. The molecule has 7 nitrogen and oxygen atoms in total. The molecular weight excluding hydrogens is 609 g/mol. The molecule has 0 aliphatic carbocycles. The maximum Gasteiger partial charge on any atom is 0.416 e. The van der Waals surface area contributed by atoms with E-state index in [0.717, 1.165) is 5.56 Å². The summed E-state index contributed by atoms with van der Waals surface area (Å²) in [6.07, 6.45) is -9.70. The van der Waals surface area contributed by atoms with Gasteiger partial charge in [0.15, 0.2) is 0 Å². The van der Waals surface area contributed by atoms with Crippen LogP contribution in [0.4, 0.5) is 35.5 Å². The third kappa shape index (κ3) is 7.37. The van der Waals surface area contributed by atoms with E-state index in [9.17, 15) is 40.3 Å². The predicted molar refractivity (Wildman–Crippen MR) is 152 cm³/mol. The van der Waals surface area contributed by atoms with E-state index in [4.69, 9.17) is 5.11 Å². The number of benzene rings is 2. The van der Waals surface area contributed by atoms with Crippen LogP contribution in [0.3, 0.4) is 0 Å². The lowest BCUT2D eigenvalue weighted by molar-refractivity contribution is -0.144. The summed E-state index contributed by atoms with van der Waals surface area (Å²) in [5.74, 6) is -1.47. The molecular formula is C31H37F7N4O3. The van der Waals surface area contributed by atoms with Crippen LogP contribution in [0.1, 0.15) is 54.0 Å². The van der Waals surface area contributed by atoms with Crippen molar-refractivity contribution in [2.24, 2.45) is 0 Å². The molecule has 0 unspecified atom stereocenters. The highest BCUT2D eigenvalue weighted by Crippen LogP contribution is 2.41. The van der Waals surface area contributed by atoms with Gasteiger partial charge in [-0.15, -0.1) is 0 Å². The maximum atomic E-state index is 14.1. The molecule has 248 valence electrons. The molecule has 0 saturated carbocycles. The molecule has 0 bridgehead atoms. The molecule has 0 radical (unpaired) electrons. The van der Waals surface area contributed by atoms with Gasteiger partial charge >= 0.3 is 18.4 Å². The van der Waals surface area contributed by atoms with Crippen molar-refractivity contribution in [2.75, 3.05) is 46.4 Å². The number of likely N-dealkylation sites (N-methyl/N-ethyl adjacent to an activating group) is 1. The minimum Gasteiger partial charge on any atom is -0.395 e. The van der Waals surface area contributed by atoms with Crippen molar-refractivity contribution in [2.45, 2.75) is 63.0 Å². The van der Waals surface area contributed by atoms with Crippen LogP contribution in [0.25, 0.3) is 0 Å². The van der Waals surface area contributed by atoms with E-state index >= 15 is 0 Å². The highest BCUT2D eigenvalue weighted by atomic mass is 19.4. The number of piperidine rings is 1. The molecule has 2 fully saturated rings. The lowest BCUT2D eigenvalue weighted by Crippen LogP contribution is -2.65. The number of aryl methyl sites for hydroxylation is 1. The molecule has 2 saturated heterocycles. The summed E-state index contributed by atoms with van der Waals surface area (Å²) in [5.41, 5.74) is -3.77. The van der Waals surface area contributed by atoms with Crippen LogP contribution in [-0.4, -0.2) is 90.2 Å². The van der Waals surface area contributed by atoms with Crippen LogP contribution in [0.15, 0.2) is 36.4 Å². The molecule has 2 heterocycles. The van der Waals surface area contributed by atoms with Gasteiger partial charge in [0.05, 0.1) is 23.1 Å². The Balaban J connectivity index is 1.62. The molecule has 2 N–H and O–H groups in total. The van der Waals surface area contributed by atoms with Gasteiger partial charge in [0.2, 0.25) is 5.91 Å². The summed E-state index contributed by atoms with van der Waals surface area (Å²) in [6.45, 7) is 6.11. The lowest BCUT2D eigenvalue weighted by atomic mass is 9.78.